The van der Waals surface area contributed by atoms with Crippen LogP contribution in [0.1, 0.15) is 0 Å². The summed E-state index contributed by atoms with van der Waals surface area (Å²) in [5, 5.41) is 11.9. The van der Waals surface area contributed by atoms with Crippen LogP contribution in [-0.4, -0.2) is 9.97 Å². The van der Waals surface area contributed by atoms with Gasteiger partial charge in [-0.25, -0.2) is 9.97 Å². The van der Waals surface area contributed by atoms with E-state index in [9.17, 15) is 0 Å². The van der Waals surface area contributed by atoms with Gasteiger partial charge in [-0.3, -0.25) is 0 Å². The number of rotatable bonds is 4. The number of nitrogens with zero attached hydrogens (tertiary/aromatic N) is 2. The highest BCUT2D eigenvalue weighted by Crippen LogP contribution is 2.43. The third-order valence-electron chi connectivity index (χ3n) is 11.0. The van der Waals surface area contributed by atoms with E-state index in [4.69, 9.17) is 9.97 Å². The van der Waals surface area contributed by atoms with Crippen LogP contribution >= 0.6 is 0 Å². The Kier molecular flexibility index (Phi) is 6.90. The number of hydrogen-bond donors (Lipinski definition) is 0. The maximum Gasteiger partial charge on any atom is 0.0794 e. The Labute approximate surface area is 312 Å². The molecule has 2 heteroatoms. The molecule has 0 bridgehead atoms. The van der Waals surface area contributed by atoms with Gasteiger partial charge in [0.15, 0.2) is 0 Å². The average molecular weight is 685 g/mol. The summed E-state index contributed by atoms with van der Waals surface area (Å²) in [6.45, 7) is 0. The van der Waals surface area contributed by atoms with E-state index < -0.39 is 0 Å². The fourth-order valence-electron chi connectivity index (χ4n) is 8.49. The Balaban J connectivity index is 1.19. The molecule has 2 aromatic heterocycles. The summed E-state index contributed by atoms with van der Waals surface area (Å²) in [4.78, 5) is 10.7. The average Bonchev–Trinajstić information content (AvgIpc) is 3.25. The van der Waals surface area contributed by atoms with Gasteiger partial charge in [-0.2, -0.15) is 0 Å². The lowest BCUT2D eigenvalue weighted by Gasteiger charge is -2.17. The standard InChI is InChI=1S/C52H32N2/c1-3-17-37-33(13-1)15-11-24-39(37)47-31-48-46(35-27-29-36(30-28-35)51-44-22-7-5-19-40(44)43-21-9-10-26-49(43)53-51)32-50(54-52(48)45-23-8-6-20-41(45)47)42-25-12-16-34-14-2-4-18-38(34)42/h1-32H. The fraction of sp³-hybridized carbons (Fsp3) is 0. The van der Waals surface area contributed by atoms with Crippen LogP contribution in [0.2, 0.25) is 0 Å². The van der Waals surface area contributed by atoms with Crippen LogP contribution in [-0.2, 0) is 0 Å². The highest BCUT2D eigenvalue weighted by atomic mass is 14.7. The molecular formula is C52H32N2. The number of hydrogen-bond acceptors (Lipinski definition) is 2. The predicted molar refractivity (Wildman–Crippen MR) is 229 cm³/mol. The Morgan fingerprint density at radius 2 is 0.815 bits per heavy atom. The van der Waals surface area contributed by atoms with Crippen LogP contribution in [0.5, 0.6) is 0 Å². The third-order valence-corrected chi connectivity index (χ3v) is 11.0. The monoisotopic (exact) mass is 684 g/mol. The van der Waals surface area contributed by atoms with Gasteiger partial charge in [-0.15, -0.1) is 0 Å². The Morgan fingerprint density at radius 3 is 1.56 bits per heavy atom. The van der Waals surface area contributed by atoms with Crippen molar-refractivity contribution in [2.24, 2.45) is 0 Å². The lowest BCUT2D eigenvalue weighted by molar-refractivity contribution is 1.41. The van der Waals surface area contributed by atoms with Gasteiger partial charge in [0.05, 0.1) is 22.4 Å². The Morgan fingerprint density at radius 1 is 0.278 bits per heavy atom. The highest BCUT2D eigenvalue weighted by Gasteiger charge is 2.18. The van der Waals surface area contributed by atoms with Crippen LogP contribution in [0.4, 0.5) is 0 Å². The van der Waals surface area contributed by atoms with Crippen molar-refractivity contribution in [1.29, 1.82) is 0 Å². The summed E-state index contributed by atoms with van der Waals surface area (Å²) in [7, 11) is 0. The molecule has 0 atom stereocenters. The zero-order valence-corrected chi connectivity index (χ0v) is 29.4. The molecule has 0 saturated heterocycles. The van der Waals surface area contributed by atoms with E-state index in [1.807, 2.05) is 0 Å². The molecule has 11 aromatic rings. The second-order valence-electron chi connectivity index (χ2n) is 14.1. The van der Waals surface area contributed by atoms with E-state index >= 15 is 0 Å². The van der Waals surface area contributed by atoms with Crippen molar-refractivity contribution in [2.45, 2.75) is 0 Å². The summed E-state index contributed by atoms with van der Waals surface area (Å²) in [5.41, 5.74) is 10.9. The lowest BCUT2D eigenvalue weighted by Crippen LogP contribution is -1.94. The predicted octanol–water partition coefficient (Wildman–Crippen LogP) is 14.1. The van der Waals surface area contributed by atoms with Crippen molar-refractivity contribution in [3.05, 3.63) is 194 Å². The van der Waals surface area contributed by atoms with Gasteiger partial charge in [-0.1, -0.05) is 176 Å². The normalized spacial score (nSPS) is 11.7. The van der Waals surface area contributed by atoms with E-state index in [-0.39, 0.29) is 0 Å². The summed E-state index contributed by atoms with van der Waals surface area (Å²) in [6.07, 6.45) is 0. The third kappa shape index (κ3) is 4.81. The number of pyridine rings is 2. The molecule has 11 rings (SSSR count). The summed E-state index contributed by atoms with van der Waals surface area (Å²) >= 11 is 0. The van der Waals surface area contributed by atoms with Crippen molar-refractivity contribution in [3.63, 3.8) is 0 Å². The first-order valence-electron chi connectivity index (χ1n) is 18.5. The molecule has 2 heterocycles. The summed E-state index contributed by atoms with van der Waals surface area (Å²) < 4.78 is 0. The molecule has 0 radical (unpaired) electrons. The van der Waals surface area contributed by atoms with Crippen LogP contribution in [0.3, 0.4) is 0 Å². The smallest absolute Gasteiger partial charge is 0.0794 e. The van der Waals surface area contributed by atoms with E-state index in [1.165, 1.54) is 48.8 Å². The quantitative estimate of drug-likeness (QED) is 0.172. The molecule has 0 fully saturated rings. The molecule has 9 aromatic carbocycles. The number of para-hydroxylation sites is 1. The maximum atomic E-state index is 5.53. The number of fused-ring (bicyclic) bond motifs is 8. The first kappa shape index (κ1) is 30.5. The molecule has 250 valence electrons. The fourth-order valence-corrected chi connectivity index (χ4v) is 8.49. The topological polar surface area (TPSA) is 25.8 Å². The van der Waals surface area contributed by atoms with Gasteiger partial charge in [0.1, 0.15) is 0 Å². The molecule has 0 aliphatic heterocycles. The van der Waals surface area contributed by atoms with Crippen LogP contribution < -0.4 is 0 Å². The van der Waals surface area contributed by atoms with Crippen LogP contribution in [0, 0.1) is 0 Å². The molecule has 0 aliphatic carbocycles. The van der Waals surface area contributed by atoms with Gasteiger partial charge in [-0.05, 0) is 72.8 Å². The van der Waals surface area contributed by atoms with Crippen molar-refractivity contribution >= 4 is 64.9 Å². The van der Waals surface area contributed by atoms with Gasteiger partial charge in [0.25, 0.3) is 0 Å². The van der Waals surface area contributed by atoms with E-state index in [0.717, 1.165) is 60.8 Å². The summed E-state index contributed by atoms with van der Waals surface area (Å²) in [6, 6.07) is 69.8. The molecule has 54 heavy (non-hydrogen) atoms. The second kappa shape index (κ2) is 12.2. The molecule has 0 unspecified atom stereocenters. The zero-order chi connectivity index (χ0) is 35.6. The van der Waals surface area contributed by atoms with E-state index in [0.29, 0.717) is 0 Å². The van der Waals surface area contributed by atoms with Gasteiger partial charge in [0.2, 0.25) is 0 Å². The SMILES string of the molecule is c1ccc2c(-c3cc(-c4ccc(-c5nc6ccccc6c6ccccc56)cc4)c4cc(-c5cccc6ccccc56)c5ccccc5c4n3)cccc2c1. The minimum atomic E-state index is 0.962. The molecule has 2 nitrogen and oxygen atoms in total. The molecule has 0 amide bonds. The highest BCUT2D eigenvalue weighted by molar-refractivity contribution is 6.18. The molecule has 0 N–H and O–H groups in total. The summed E-state index contributed by atoms with van der Waals surface area (Å²) in [5.74, 6) is 0. The molecule has 0 aliphatic rings. The first-order valence-corrected chi connectivity index (χ1v) is 18.5. The van der Waals surface area contributed by atoms with Crippen molar-refractivity contribution in [2.75, 3.05) is 0 Å². The lowest BCUT2D eigenvalue weighted by atomic mass is 9.89. The van der Waals surface area contributed by atoms with Gasteiger partial charge in [0, 0.05) is 32.7 Å². The largest absolute Gasteiger partial charge is 0.247 e. The van der Waals surface area contributed by atoms with Gasteiger partial charge >= 0.3 is 0 Å². The molecular weight excluding hydrogens is 653 g/mol. The molecule has 0 saturated carbocycles. The minimum absolute atomic E-state index is 0.962. The minimum Gasteiger partial charge on any atom is -0.247 e. The van der Waals surface area contributed by atoms with E-state index in [2.05, 4.69) is 194 Å². The maximum absolute atomic E-state index is 5.53. The second-order valence-corrected chi connectivity index (χ2v) is 14.1. The van der Waals surface area contributed by atoms with Crippen LogP contribution in [0.15, 0.2) is 194 Å². The van der Waals surface area contributed by atoms with Gasteiger partial charge < -0.3 is 0 Å². The van der Waals surface area contributed by atoms with E-state index in [1.54, 1.807) is 0 Å². The van der Waals surface area contributed by atoms with Crippen molar-refractivity contribution < 1.29 is 0 Å². The number of aromatic nitrogens is 2. The Hall–Kier alpha value is -7.16. The first-order chi connectivity index (χ1) is 26.8. The van der Waals surface area contributed by atoms with Crippen molar-refractivity contribution in [1.82, 2.24) is 9.97 Å². The van der Waals surface area contributed by atoms with Crippen molar-refractivity contribution in [3.8, 4) is 44.8 Å². The molecule has 0 spiro atoms. The van der Waals surface area contributed by atoms with Crippen LogP contribution in [0.25, 0.3) is 110 Å². The zero-order valence-electron chi connectivity index (χ0n) is 29.4. The Bertz CT molecular complexity index is 3260. The number of benzene rings is 9.